The van der Waals surface area contributed by atoms with E-state index >= 15 is 0 Å². The Labute approximate surface area is 234 Å². The maximum absolute atomic E-state index is 13.0. The molecule has 18 heteroatoms. The number of fused-ring (bicyclic) bond motifs is 1. The van der Waals surface area contributed by atoms with Crippen molar-refractivity contribution in [1.82, 2.24) is 15.2 Å². The van der Waals surface area contributed by atoms with Crippen LogP contribution >= 0.6 is 35.5 Å². The van der Waals surface area contributed by atoms with Gasteiger partial charge in [-0.25, -0.2) is 23.4 Å². The predicted molar refractivity (Wildman–Crippen MR) is 138 cm³/mol. The molecule has 3 atom stereocenters. The van der Waals surface area contributed by atoms with E-state index in [1.54, 1.807) is 13.8 Å². The number of nitrogens with one attached hydrogen (secondary N) is 1. The quantitative estimate of drug-likeness (QED) is 0.0929. The van der Waals surface area contributed by atoms with Crippen LogP contribution in [0, 0.1) is 0 Å². The highest BCUT2D eigenvalue weighted by Crippen LogP contribution is 2.41. The fourth-order valence-corrected chi connectivity index (χ4v) is 5.22. The Morgan fingerprint density at radius 1 is 1.28 bits per heavy atom. The second kappa shape index (κ2) is 13.6. The topological polar surface area (TPSA) is 183 Å². The maximum atomic E-state index is 13.0. The third-order valence-corrected chi connectivity index (χ3v) is 6.84. The number of β-lactam (4-membered cyclic amide) rings is 1. The number of carbonyl (C=O) groups excluding carboxylic acids is 4. The smallest absolute Gasteiger partial charge is 0.431 e. The number of amides is 2. The number of ether oxygens (including phenoxy) is 3. The molecule has 1 aromatic rings. The number of nitrogen functional groups attached to an aromatic ring is 1. The summed E-state index contributed by atoms with van der Waals surface area (Å²) in [4.78, 5) is 55.2. The van der Waals surface area contributed by atoms with Crippen molar-refractivity contribution in [2.24, 2.45) is 5.16 Å². The van der Waals surface area contributed by atoms with Gasteiger partial charge in [-0.2, -0.15) is 0 Å². The lowest BCUT2D eigenvalue weighted by Crippen LogP contribution is -2.71. The van der Waals surface area contributed by atoms with Gasteiger partial charge in [-0.3, -0.25) is 14.5 Å². The van der Waals surface area contributed by atoms with Crippen LogP contribution in [0.4, 0.5) is 18.7 Å². The fraction of sp³-hybridized carbons (Fsp3) is 0.429. The summed E-state index contributed by atoms with van der Waals surface area (Å²) in [5, 5.41) is 15.3. The van der Waals surface area contributed by atoms with Gasteiger partial charge in [-0.1, -0.05) is 11.2 Å². The van der Waals surface area contributed by atoms with Crippen LogP contribution in [-0.4, -0.2) is 80.7 Å². The van der Waals surface area contributed by atoms with Crippen LogP contribution in [0.25, 0.3) is 0 Å². The Kier molecular flexibility index (Phi) is 11.1. The molecule has 2 amide bonds. The molecule has 0 spiro atoms. The number of nitrogens with two attached hydrogens (primary N) is 1. The molecule has 13 nitrogen and oxygen atoms in total. The van der Waals surface area contributed by atoms with Gasteiger partial charge in [0.1, 0.15) is 22.8 Å². The number of allylic oxidation sites excluding steroid dienone is 2. The van der Waals surface area contributed by atoms with E-state index in [9.17, 15) is 33.2 Å². The standard InChI is InChI=1S/C21H23F2N5O8S2.ClH/c1-8(2)34-21(32)36-9(3)35-19(31)15-10(4-5-12(22)23)6-37-18-14(17(30)28(15)18)26-16(29)13(27-33)11-7-38-20(24)25-11;/h4-5,7-9,12,14,18,33H,6H2,1-3H3,(H2,24,25)(H,26,29);1H/b5-4-,27-13-;/t9?,14-,18-;/m1./s1. The minimum atomic E-state index is -2.83. The lowest BCUT2D eigenvalue weighted by atomic mass is 10.0. The van der Waals surface area contributed by atoms with E-state index in [0.717, 1.165) is 34.1 Å². The fourth-order valence-electron chi connectivity index (χ4n) is 3.35. The highest BCUT2D eigenvalue weighted by Gasteiger charge is 2.54. The largest absolute Gasteiger partial charge is 0.511 e. The van der Waals surface area contributed by atoms with E-state index in [0.29, 0.717) is 6.08 Å². The van der Waals surface area contributed by atoms with Crippen LogP contribution in [0.15, 0.2) is 34.0 Å². The Balaban J connectivity index is 0.00000533. The first kappa shape index (κ1) is 31.8. The van der Waals surface area contributed by atoms with Gasteiger partial charge in [-0.15, -0.1) is 35.5 Å². The molecule has 3 rings (SSSR count). The van der Waals surface area contributed by atoms with Crippen molar-refractivity contribution in [3.63, 3.8) is 0 Å². The van der Waals surface area contributed by atoms with E-state index in [1.165, 1.54) is 12.3 Å². The molecule has 2 aliphatic heterocycles. The second-order valence-corrected chi connectivity index (χ2v) is 9.95. The zero-order valence-electron chi connectivity index (χ0n) is 20.5. The Morgan fingerprint density at radius 2 is 1.97 bits per heavy atom. The number of hydrogen-bond donors (Lipinski definition) is 3. The number of oxime groups is 1. The number of thiazole rings is 1. The molecule has 2 aliphatic rings. The van der Waals surface area contributed by atoms with Gasteiger partial charge in [0, 0.05) is 18.1 Å². The molecule has 0 radical (unpaired) electrons. The van der Waals surface area contributed by atoms with Gasteiger partial charge >= 0.3 is 12.1 Å². The summed E-state index contributed by atoms with van der Waals surface area (Å²) >= 11 is 2.09. The van der Waals surface area contributed by atoms with Gasteiger partial charge in [0.05, 0.1) is 6.10 Å². The van der Waals surface area contributed by atoms with Crippen molar-refractivity contribution >= 4 is 70.3 Å². The molecular weight excluding hydrogens is 588 g/mol. The third-order valence-electron chi connectivity index (χ3n) is 4.87. The van der Waals surface area contributed by atoms with Crippen LogP contribution in [0.5, 0.6) is 0 Å². The van der Waals surface area contributed by atoms with E-state index in [2.05, 4.69) is 15.5 Å². The van der Waals surface area contributed by atoms with Crippen LogP contribution in [-0.2, 0) is 28.6 Å². The molecule has 1 saturated heterocycles. The van der Waals surface area contributed by atoms with E-state index < -0.39 is 59.9 Å². The first-order chi connectivity index (χ1) is 17.9. The third kappa shape index (κ3) is 7.57. The number of alkyl halides is 2. The lowest BCUT2D eigenvalue weighted by Gasteiger charge is -2.49. The summed E-state index contributed by atoms with van der Waals surface area (Å²) in [7, 11) is 0. The van der Waals surface area contributed by atoms with Gasteiger partial charge in [-0.05, 0) is 25.5 Å². The molecule has 3 heterocycles. The number of nitrogens with zero attached hydrogens (tertiary/aromatic N) is 3. The van der Waals surface area contributed by atoms with E-state index in [4.69, 9.17) is 19.9 Å². The van der Waals surface area contributed by atoms with Crippen molar-refractivity contribution in [3.05, 3.63) is 34.5 Å². The minimum absolute atomic E-state index is 0. The second-order valence-electron chi connectivity index (χ2n) is 7.96. The number of thioether (sulfide) groups is 1. The molecule has 1 unspecified atom stereocenters. The number of carbonyl (C=O) groups is 4. The summed E-state index contributed by atoms with van der Waals surface area (Å²) in [5.41, 5.74) is 4.75. The molecule has 39 heavy (non-hydrogen) atoms. The maximum Gasteiger partial charge on any atom is 0.511 e. The average Bonchev–Trinajstić information content (AvgIpc) is 3.25. The van der Waals surface area contributed by atoms with Gasteiger partial charge in [0.2, 0.25) is 6.29 Å². The zero-order valence-corrected chi connectivity index (χ0v) is 23.0. The number of halogens is 3. The number of hydrogen-bond acceptors (Lipinski definition) is 13. The first-order valence-electron chi connectivity index (χ1n) is 10.9. The van der Waals surface area contributed by atoms with E-state index in [-0.39, 0.29) is 40.3 Å². The molecule has 214 valence electrons. The summed E-state index contributed by atoms with van der Waals surface area (Å²) < 4.78 is 40.4. The molecule has 0 aliphatic carbocycles. The van der Waals surface area contributed by atoms with Gasteiger partial charge in [0.25, 0.3) is 18.2 Å². The van der Waals surface area contributed by atoms with Gasteiger partial charge in [0.15, 0.2) is 10.8 Å². The van der Waals surface area contributed by atoms with Crippen molar-refractivity contribution in [2.75, 3.05) is 11.5 Å². The van der Waals surface area contributed by atoms with Crippen molar-refractivity contribution < 1.29 is 47.4 Å². The molecule has 0 aromatic carbocycles. The molecule has 0 bridgehead atoms. The van der Waals surface area contributed by atoms with Crippen molar-refractivity contribution in [1.29, 1.82) is 0 Å². The molecule has 1 aromatic heterocycles. The molecular formula is C21H24ClF2N5O8S2. The van der Waals surface area contributed by atoms with Crippen LogP contribution in [0.1, 0.15) is 26.5 Å². The number of aromatic nitrogens is 1. The monoisotopic (exact) mass is 611 g/mol. The van der Waals surface area contributed by atoms with Crippen LogP contribution in [0.2, 0.25) is 0 Å². The van der Waals surface area contributed by atoms with Crippen LogP contribution in [0.3, 0.4) is 0 Å². The predicted octanol–water partition coefficient (Wildman–Crippen LogP) is 2.25. The Bertz CT molecular complexity index is 1210. The van der Waals surface area contributed by atoms with Gasteiger partial charge < -0.3 is 30.5 Å². The number of esters is 1. The van der Waals surface area contributed by atoms with E-state index in [1.807, 2.05) is 0 Å². The minimum Gasteiger partial charge on any atom is -0.431 e. The SMILES string of the molecule is CC(C)OC(=O)OC(C)OC(=O)C1=C(/C=C\C(F)F)CS[C@@H]2[C@H](NC(=O)/C(=N\O)c3csc(N)n3)C(=O)N12.Cl. The number of rotatable bonds is 9. The summed E-state index contributed by atoms with van der Waals surface area (Å²) in [5.74, 6) is -2.81. The van der Waals surface area contributed by atoms with Crippen molar-refractivity contribution in [2.45, 2.75) is 51.0 Å². The number of anilines is 1. The van der Waals surface area contributed by atoms with Crippen molar-refractivity contribution in [3.8, 4) is 0 Å². The highest BCUT2D eigenvalue weighted by atomic mass is 35.5. The first-order valence-corrected chi connectivity index (χ1v) is 12.8. The normalized spacial score (nSPS) is 19.8. The lowest BCUT2D eigenvalue weighted by molar-refractivity contribution is -0.169. The molecule has 4 N–H and O–H groups in total. The molecule has 0 saturated carbocycles. The Morgan fingerprint density at radius 3 is 2.54 bits per heavy atom. The average molecular weight is 612 g/mol. The summed E-state index contributed by atoms with van der Waals surface area (Å²) in [6.07, 6.45) is -4.33. The highest BCUT2D eigenvalue weighted by molar-refractivity contribution is 8.00. The summed E-state index contributed by atoms with van der Waals surface area (Å²) in [6.45, 7) is 4.39. The van der Waals surface area contributed by atoms with Crippen LogP contribution < -0.4 is 11.1 Å². The Hall–Kier alpha value is -3.44. The zero-order chi connectivity index (χ0) is 28.1. The summed E-state index contributed by atoms with van der Waals surface area (Å²) in [6, 6.07) is -1.15. The molecule has 1 fully saturated rings.